The number of hydrogen-bond acceptors (Lipinski definition) is 4. The summed E-state index contributed by atoms with van der Waals surface area (Å²) in [6.07, 6.45) is 2.83. The van der Waals surface area contributed by atoms with Crippen LogP contribution in [0.15, 0.2) is 11.8 Å². The SMILES string of the molecule is CC(C)(C)OC(=O)N1CC=C2NNCC2CC1. The Labute approximate surface area is 102 Å². The summed E-state index contributed by atoms with van der Waals surface area (Å²) < 4.78 is 5.38. The van der Waals surface area contributed by atoms with Gasteiger partial charge in [0.05, 0.1) is 0 Å². The largest absolute Gasteiger partial charge is 0.444 e. The Morgan fingerprint density at radius 3 is 3.00 bits per heavy atom. The molecule has 2 heterocycles. The molecular weight excluding hydrogens is 218 g/mol. The minimum atomic E-state index is -0.424. The fourth-order valence-corrected chi connectivity index (χ4v) is 2.07. The molecule has 0 aliphatic carbocycles. The first-order chi connectivity index (χ1) is 7.96. The summed E-state index contributed by atoms with van der Waals surface area (Å²) in [5.74, 6) is 0.502. The van der Waals surface area contributed by atoms with Gasteiger partial charge in [-0.05, 0) is 33.3 Å². The fourth-order valence-electron chi connectivity index (χ4n) is 2.07. The number of carbonyl (C=O) groups excluding carboxylic acids is 1. The third-order valence-corrected chi connectivity index (χ3v) is 2.95. The summed E-state index contributed by atoms with van der Waals surface area (Å²) >= 11 is 0. The molecule has 0 radical (unpaired) electrons. The van der Waals surface area contributed by atoms with E-state index in [9.17, 15) is 4.79 Å². The summed E-state index contributed by atoms with van der Waals surface area (Å²) in [6.45, 7) is 7.98. The van der Waals surface area contributed by atoms with Crippen molar-refractivity contribution < 1.29 is 9.53 Å². The molecule has 0 saturated carbocycles. The number of hydrazine groups is 1. The Bertz CT molecular complexity index is 333. The maximum Gasteiger partial charge on any atom is 0.410 e. The van der Waals surface area contributed by atoms with E-state index in [-0.39, 0.29) is 6.09 Å². The number of carbonyl (C=O) groups is 1. The molecule has 5 heteroatoms. The molecule has 17 heavy (non-hydrogen) atoms. The highest BCUT2D eigenvalue weighted by Gasteiger charge is 2.27. The Morgan fingerprint density at radius 2 is 2.29 bits per heavy atom. The van der Waals surface area contributed by atoms with E-state index in [4.69, 9.17) is 4.74 Å². The van der Waals surface area contributed by atoms with Crippen LogP contribution in [0.25, 0.3) is 0 Å². The zero-order valence-electron chi connectivity index (χ0n) is 10.7. The molecule has 1 atom stereocenters. The summed E-state index contributed by atoms with van der Waals surface area (Å²) in [5, 5.41) is 0. The van der Waals surface area contributed by atoms with Gasteiger partial charge < -0.3 is 15.1 Å². The van der Waals surface area contributed by atoms with Crippen LogP contribution < -0.4 is 10.9 Å². The Kier molecular flexibility index (Phi) is 3.28. The zero-order valence-corrected chi connectivity index (χ0v) is 10.7. The van der Waals surface area contributed by atoms with Crippen molar-refractivity contribution in [1.29, 1.82) is 0 Å². The highest BCUT2D eigenvalue weighted by Crippen LogP contribution is 2.21. The van der Waals surface area contributed by atoms with Crippen LogP contribution in [-0.2, 0) is 4.74 Å². The van der Waals surface area contributed by atoms with Crippen LogP contribution in [0, 0.1) is 5.92 Å². The van der Waals surface area contributed by atoms with Crippen LogP contribution in [0.2, 0.25) is 0 Å². The lowest BCUT2D eigenvalue weighted by molar-refractivity contribution is 0.0270. The summed E-state index contributed by atoms with van der Waals surface area (Å²) in [6, 6.07) is 0. The molecule has 0 bridgehead atoms. The molecular formula is C12H21N3O2. The van der Waals surface area contributed by atoms with Crippen LogP contribution in [0.1, 0.15) is 27.2 Å². The van der Waals surface area contributed by atoms with E-state index < -0.39 is 5.60 Å². The third-order valence-electron chi connectivity index (χ3n) is 2.95. The highest BCUT2D eigenvalue weighted by molar-refractivity contribution is 5.68. The van der Waals surface area contributed by atoms with Crippen LogP contribution in [0.3, 0.4) is 0 Å². The molecule has 0 aromatic rings. The van der Waals surface area contributed by atoms with Gasteiger partial charge in [-0.2, -0.15) is 0 Å². The smallest absolute Gasteiger partial charge is 0.410 e. The minimum Gasteiger partial charge on any atom is -0.444 e. The second-order valence-corrected chi connectivity index (χ2v) is 5.58. The van der Waals surface area contributed by atoms with E-state index in [0.29, 0.717) is 12.5 Å². The van der Waals surface area contributed by atoms with E-state index in [1.54, 1.807) is 4.90 Å². The minimum absolute atomic E-state index is 0.220. The van der Waals surface area contributed by atoms with Crippen molar-refractivity contribution in [2.24, 2.45) is 5.92 Å². The van der Waals surface area contributed by atoms with Gasteiger partial charge in [-0.1, -0.05) is 0 Å². The van der Waals surface area contributed by atoms with Gasteiger partial charge in [0.2, 0.25) is 0 Å². The van der Waals surface area contributed by atoms with Crippen LogP contribution in [0.4, 0.5) is 4.79 Å². The highest BCUT2D eigenvalue weighted by atomic mass is 16.6. The molecule has 1 fully saturated rings. The first kappa shape index (κ1) is 12.2. The summed E-state index contributed by atoms with van der Waals surface area (Å²) in [5.41, 5.74) is 7.04. The van der Waals surface area contributed by atoms with E-state index >= 15 is 0 Å². The lowest BCUT2D eigenvalue weighted by atomic mass is 10.0. The molecule has 2 N–H and O–H groups in total. The van der Waals surface area contributed by atoms with Gasteiger partial charge in [-0.15, -0.1) is 0 Å². The normalized spacial score (nSPS) is 24.5. The summed E-state index contributed by atoms with van der Waals surface area (Å²) in [4.78, 5) is 13.7. The Morgan fingerprint density at radius 1 is 1.53 bits per heavy atom. The maximum atomic E-state index is 11.9. The third kappa shape index (κ3) is 3.12. The predicted octanol–water partition coefficient (Wildman–Crippen LogP) is 1.24. The maximum absolute atomic E-state index is 11.9. The number of nitrogens with one attached hydrogen (secondary N) is 2. The lowest BCUT2D eigenvalue weighted by Crippen LogP contribution is -2.37. The Balaban J connectivity index is 1.95. The van der Waals surface area contributed by atoms with Crippen LogP contribution in [-0.4, -0.2) is 36.2 Å². The van der Waals surface area contributed by atoms with Crippen LogP contribution in [0.5, 0.6) is 0 Å². The van der Waals surface area contributed by atoms with E-state index in [1.165, 1.54) is 5.70 Å². The lowest BCUT2D eigenvalue weighted by Gasteiger charge is -2.26. The van der Waals surface area contributed by atoms with Crippen molar-refractivity contribution in [1.82, 2.24) is 15.8 Å². The molecule has 1 amide bonds. The molecule has 5 nitrogen and oxygen atoms in total. The van der Waals surface area contributed by atoms with Crippen molar-refractivity contribution >= 4 is 6.09 Å². The van der Waals surface area contributed by atoms with Crippen LogP contribution >= 0.6 is 0 Å². The number of nitrogens with zero attached hydrogens (tertiary/aromatic N) is 1. The Hall–Kier alpha value is -1.23. The molecule has 1 saturated heterocycles. The van der Waals surface area contributed by atoms with Crippen molar-refractivity contribution in [2.45, 2.75) is 32.8 Å². The second kappa shape index (κ2) is 4.56. The van der Waals surface area contributed by atoms with Crippen molar-refractivity contribution in [3.05, 3.63) is 11.8 Å². The zero-order chi connectivity index (χ0) is 12.5. The molecule has 0 aromatic carbocycles. The standard InChI is InChI=1S/C12H21N3O2/c1-12(2,3)17-11(16)15-6-4-9-8-13-14-10(9)5-7-15/h5,9,13-14H,4,6-8H2,1-3H3. The van der Waals surface area contributed by atoms with E-state index in [1.807, 2.05) is 20.8 Å². The van der Waals surface area contributed by atoms with Crippen molar-refractivity contribution in [2.75, 3.05) is 19.6 Å². The molecule has 0 spiro atoms. The number of amides is 1. The molecule has 0 aromatic heterocycles. The monoisotopic (exact) mass is 239 g/mol. The van der Waals surface area contributed by atoms with Gasteiger partial charge in [0, 0.05) is 31.2 Å². The van der Waals surface area contributed by atoms with Gasteiger partial charge in [-0.25, -0.2) is 10.2 Å². The molecule has 2 aliphatic rings. The van der Waals surface area contributed by atoms with Gasteiger partial charge in [0.25, 0.3) is 0 Å². The average molecular weight is 239 g/mol. The van der Waals surface area contributed by atoms with Gasteiger partial charge in [-0.3, -0.25) is 0 Å². The number of rotatable bonds is 0. The molecule has 2 aliphatic heterocycles. The quantitative estimate of drug-likeness (QED) is 0.667. The van der Waals surface area contributed by atoms with Gasteiger partial charge >= 0.3 is 6.09 Å². The fraction of sp³-hybridized carbons (Fsp3) is 0.750. The van der Waals surface area contributed by atoms with Gasteiger partial charge in [0.15, 0.2) is 0 Å². The molecule has 2 rings (SSSR count). The van der Waals surface area contributed by atoms with Crippen molar-refractivity contribution in [3.63, 3.8) is 0 Å². The topological polar surface area (TPSA) is 53.6 Å². The number of hydrogen-bond donors (Lipinski definition) is 2. The van der Waals surface area contributed by atoms with E-state index in [2.05, 4.69) is 16.9 Å². The predicted molar refractivity (Wildman–Crippen MR) is 65.1 cm³/mol. The molecule has 1 unspecified atom stereocenters. The van der Waals surface area contributed by atoms with Crippen molar-refractivity contribution in [3.8, 4) is 0 Å². The van der Waals surface area contributed by atoms with E-state index in [0.717, 1.165) is 19.5 Å². The number of ether oxygens (including phenoxy) is 1. The summed E-state index contributed by atoms with van der Waals surface area (Å²) in [7, 11) is 0. The molecule has 96 valence electrons. The average Bonchev–Trinajstić information content (AvgIpc) is 2.54. The van der Waals surface area contributed by atoms with Gasteiger partial charge in [0.1, 0.15) is 5.60 Å². The first-order valence-corrected chi connectivity index (χ1v) is 6.12. The first-order valence-electron chi connectivity index (χ1n) is 6.12. The second-order valence-electron chi connectivity index (χ2n) is 5.58. The number of fused-ring (bicyclic) bond motifs is 1.